The van der Waals surface area contributed by atoms with E-state index in [1.165, 1.54) is 17.3 Å². The lowest BCUT2D eigenvalue weighted by molar-refractivity contribution is -0.184. The Kier molecular flexibility index (Phi) is 6.50. The Balaban J connectivity index is 1.46. The predicted octanol–water partition coefficient (Wildman–Crippen LogP) is 2.53. The van der Waals surface area contributed by atoms with Gasteiger partial charge in [-0.3, -0.25) is 14.4 Å². The molecule has 33 heavy (non-hydrogen) atoms. The number of aromatic nitrogens is 2. The van der Waals surface area contributed by atoms with Gasteiger partial charge in [0.15, 0.2) is 0 Å². The zero-order valence-electron chi connectivity index (χ0n) is 18.2. The number of alkyl halides is 1. The summed E-state index contributed by atoms with van der Waals surface area (Å²) in [6.07, 6.45) is 0.263. The molecule has 1 aromatic carbocycles. The summed E-state index contributed by atoms with van der Waals surface area (Å²) < 4.78 is 42.5. The molecule has 0 aliphatic carbocycles. The normalized spacial score (nSPS) is 23.0. The second kappa shape index (κ2) is 9.34. The van der Waals surface area contributed by atoms with Gasteiger partial charge in [-0.2, -0.15) is 0 Å². The van der Waals surface area contributed by atoms with Crippen molar-refractivity contribution in [2.75, 3.05) is 38.7 Å². The lowest BCUT2D eigenvalue weighted by atomic mass is 9.92. The van der Waals surface area contributed by atoms with Crippen molar-refractivity contribution >= 4 is 17.6 Å². The monoisotopic (exact) mass is 463 g/mol. The first-order valence-electron chi connectivity index (χ1n) is 10.6. The van der Waals surface area contributed by atoms with Crippen molar-refractivity contribution in [1.82, 2.24) is 19.9 Å². The highest BCUT2D eigenvalue weighted by Crippen LogP contribution is 2.35. The Morgan fingerprint density at radius 3 is 2.48 bits per heavy atom. The molecule has 4 rings (SSSR count). The van der Waals surface area contributed by atoms with Crippen LogP contribution < -0.4 is 4.90 Å². The van der Waals surface area contributed by atoms with E-state index in [2.05, 4.69) is 9.97 Å². The molecule has 3 heterocycles. The maximum Gasteiger partial charge on any atom is 0.272 e. The highest BCUT2D eigenvalue weighted by atomic mass is 19.1. The second-order valence-corrected chi connectivity index (χ2v) is 8.32. The van der Waals surface area contributed by atoms with Crippen LogP contribution in [0.4, 0.5) is 19.0 Å². The van der Waals surface area contributed by atoms with E-state index in [0.717, 1.165) is 23.3 Å². The Morgan fingerprint density at radius 1 is 1.09 bits per heavy atom. The number of halogens is 3. The molecule has 0 saturated carbocycles. The molecular formula is C22H24F3N5O3. The Bertz CT molecular complexity index is 1030. The minimum atomic E-state index is -1.52. The van der Waals surface area contributed by atoms with E-state index >= 15 is 4.39 Å². The maximum atomic E-state index is 15.1. The fourth-order valence-electron chi connectivity index (χ4n) is 4.18. The summed E-state index contributed by atoms with van der Waals surface area (Å²) in [7, 11) is 3.20. The molecule has 2 aromatic rings. The van der Waals surface area contributed by atoms with Crippen LogP contribution in [0.15, 0.2) is 30.6 Å². The summed E-state index contributed by atoms with van der Waals surface area (Å²) in [5.41, 5.74) is 0.458. The van der Waals surface area contributed by atoms with Crippen LogP contribution in [-0.2, 0) is 9.63 Å². The Morgan fingerprint density at radius 2 is 1.82 bits per heavy atom. The van der Waals surface area contributed by atoms with Gasteiger partial charge in [0.2, 0.25) is 0 Å². The molecule has 8 nitrogen and oxygen atoms in total. The van der Waals surface area contributed by atoms with Crippen molar-refractivity contribution in [3.8, 4) is 0 Å². The summed E-state index contributed by atoms with van der Waals surface area (Å²) in [6, 6.07) is 3.87. The standard InChI is InChI=1S/C22H24F3N5O3/c1-28(2)22(32)18-10-20(27-12-26-18)29-5-3-16(17(25)11-29)21(31)30-19(4-6-33-30)13-7-14(23)9-15(24)8-13/h7-10,12,16-17,19H,3-6,11H2,1-2H3/t16-,17+,19+/m1/s1. The lowest BCUT2D eigenvalue weighted by Gasteiger charge is -2.36. The fraction of sp³-hybridized carbons (Fsp3) is 0.455. The molecule has 0 unspecified atom stereocenters. The number of carbonyl (C=O) groups is 2. The topological polar surface area (TPSA) is 78.9 Å². The highest BCUT2D eigenvalue weighted by Gasteiger charge is 2.42. The molecule has 2 fully saturated rings. The average Bonchev–Trinajstić information content (AvgIpc) is 3.27. The smallest absolute Gasteiger partial charge is 0.272 e. The largest absolute Gasteiger partial charge is 0.354 e. The zero-order chi connectivity index (χ0) is 23.7. The summed E-state index contributed by atoms with van der Waals surface area (Å²) >= 11 is 0. The number of benzene rings is 1. The molecule has 176 valence electrons. The second-order valence-electron chi connectivity index (χ2n) is 8.32. The maximum absolute atomic E-state index is 15.1. The van der Waals surface area contributed by atoms with E-state index < -0.39 is 35.7 Å². The van der Waals surface area contributed by atoms with Gasteiger partial charge in [-0.15, -0.1) is 0 Å². The SMILES string of the molecule is CN(C)C(=O)c1cc(N2CC[C@@H](C(=O)N3OCC[C@H]3c3cc(F)cc(F)c3)[C@@H](F)C2)ncn1. The number of carbonyl (C=O) groups excluding carboxylic acids is 2. The number of anilines is 1. The molecule has 11 heteroatoms. The van der Waals surface area contributed by atoms with Gasteiger partial charge in [-0.1, -0.05) is 0 Å². The van der Waals surface area contributed by atoms with Crippen molar-refractivity contribution in [1.29, 1.82) is 0 Å². The quantitative estimate of drug-likeness (QED) is 0.694. The van der Waals surface area contributed by atoms with Gasteiger partial charge >= 0.3 is 0 Å². The van der Waals surface area contributed by atoms with Gasteiger partial charge in [0.25, 0.3) is 11.8 Å². The average molecular weight is 463 g/mol. The van der Waals surface area contributed by atoms with Crippen LogP contribution in [-0.4, -0.2) is 71.7 Å². The minimum Gasteiger partial charge on any atom is -0.354 e. The third-order valence-corrected chi connectivity index (χ3v) is 5.85. The van der Waals surface area contributed by atoms with Crippen molar-refractivity contribution in [3.05, 3.63) is 53.5 Å². The number of piperidine rings is 1. The molecule has 2 aliphatic rings. The predicted molar refractivity (Wildman–Crippen MR) is 112 cm³/mol. The van der Waals surface area contributed by atoms with Crippen LogP contribution in [0.1, 0.15) is 34.9 Å². The molecule has 2 aliphatic heterocycles. The third kappa shape index (κ3) is 4.77. The summed E-state index contributed by atoms with van der Waals surface area (Å²) in [5, 5.41) is 1.06. The van der Waals surface area contributed by atoms with Gasteiger partial charge in [-0.05, 0) is 24.1 Å². The first-order valence-corrected chi connectivity index (χ1v) is 10.6. The van der Waals surface area contributed by atoms with Gasteiger partial charge in [0, 0.05) is 39.2 Å². The summed E-state index contributed by atoms with van der Waals surface area (Å²) in [5.74, 6) is -2.93. The first kappa shape index (κ1) is 23.0. The van der Waals surface area contributed by atoms with Gasteiger partial charge in [0.05, 0.1) is 25.1 Å². The molecule has 0 radical (unpaired) electrons. The van der Waals surface area contributed by atoms with Crippen molar-refractivity contribution in [3.63, 3.8) is 0 Å². The van der Waals surface area contributed by atoms with Gasteiger partial charge in [0.1, 0.15) is 35.6 Å². The van der Waals surface area contributed by atoms with Gasteiger partial charge in [-0.25, -0.2) is 28.2 Å². The number of hydrogen-bond acceptors (Lipinski definition) is 6. The fourth-order valence-corrected chi connectivity index (χ4v) is 4.18. The van der Waals surface area contributed by atoms with Crippen LogP contribution >= 0.6 is 0 Å². The number of amides is 2. The third-order valence-electron chi connectivity index (χ3n) is 5.85. The van der Waals surface area contributed by atoms with E-state index in [4.69, 9.17) is 4.84 Å². The molecule has 2 amide bonds. The number of hydroxylamine groups is 2. The van der Waals surface area contributed by atoms with Crippen LogP contribution in [0.2, 0.25) is 0 Å². The van der Waals surface area contributed by atoms with E-state index in [1.54, 1.807) is 19.0 Å². The number of nitrogens with zero attached hydrogens (tertiary/aromatic N) is 5. The van der Waals surface area contributed by atoms with Crippen molar-refractivity contribution < 1.29 is 27.6 Å². The van der Waals surface area contributed by atoms with E-state index in [-0.39, 0.29) is 36.7 Å². The minimum absolute atomic E-state index is 0.101. The molecular weight excluding hydrogens is 439 g/mol. The molecule has 2 saturated heterocycles. The molecule has 0 bridgehead atoms. The summed E-state index contributed by atoms with van der Waals surface area (Å²) in [4.78, 5) is 41.8. The Labute approximate surface area is 188 Å². The van der Waals surface area contributed by atoms with E-state index in [9.17, 15) is 18.4 Å². The Hall–Kier alpha value is -3.21. The lowest BCUT2D eigenvalue weighted by Crippen LogP contribution is -2.49. The van der Waals surface area contributed by atoms with Crippen LogP contribution in [0, 0.1) is 17.6 Å². The number of hydrogen-bond donors (Lipinski definition) is 0. The molecule has 0 spiro atoms. The summed E-state index contributed by atoms with van der Waals surface area (Å²) in [6.45, 7) is 0.417. The highest BCUT2D eigenvalue weighted by molar-refractivity contribution is 5.92. The van der Waals surface area contributed by atoms with E-state index in [0.29, 0.717) is 18.8 Å². The first-order chi connectivity index (χ1) is 15.7. The zero-order valence-corrected chi connectivity index (χ0v) is 18.2. The van der Waals surface area contributed by atoms with Crippen LogP contribution in [0.3, 0.4) is 0 Å². The molecule has 1 aromatic heterocycles. The van der Waals surface area contributed by atoms with Crippen molar-refractivity contribution in [2.24, 2.45) is 5.92 Å². The molecule has 3 atom stereocenters. The van der Waals surface area contributed by atoms with Crippen LogP contribution in [0.25, 0.3) is 0 Å². The van der Waals surface area contributed by atoms with E-state index in [1.807, 2.05) is 0 Å². The van der Waals surface area contributed by atoms with Gasteiger partial charge < -0.3 is 9.80 Å². The van der Waals surface area contributed by atoms with Crippen molar-refractivity contribution in [2.45, 2.75) is 25.1 Å². The molecule has 0 N–H and O–H groups in total. The van der Waals surface area contributed by atoms with Crippen LogP contribution in [0.5, 0.6) is 0 Å². The number of rotatable bonds is 4.